The minimum atomic E-state index is -1.67. The number of aliphatic hydroxyl groups is 1. The van der Waals surface area contributed by atoms with Crippen LogP contribution in [0.3, 0.4) is 0 Å². The number of pyridine rings is 2. The molecule has 0 bridgehead atoms. The van der Waals surface area contributed by atoms with Crippen molar-refractivity contribution in [3.05, 3.63) is 53.5 Å². The Kier molecular flexibility index (Phi) is 10.4. The zero-order valence-electron chi connectivity index (χ0n) is 22.1. The fourth-order valence-electron chi connectivity index (χ4n) is 4.61. The van der Waals surface area contributed by atoms with Gasteiger partial charge in [-0.15, -0.1) is 0 Å². The smallest absolute Gasteiger partial charge is 0.329 e. The minimum absolute atomic E-state index is 0.0278. The number of hydrogen-bond donors (Lipinski definition) is 5. The van der Waals surface area contributed by atoms with Gasteiger partial charge in [0.1, 0.15) is 5.82 Å². The zero-order chi connectivity index (χ0) is 27.5. The first-order valence-corrected chi connectivity index (χ1v) is 13.3. The number of carboxylic acids is 1. The van der Waals surface area contributed by atoms with Crippen LogP contribution in [0.4, 0.5) is 10.6 Å². The van der Waals surface area contributed by atoms with Gasteiger partial charge in [-0.1, -0.05) is 19.9 Å². The van der Waals surface area contributed by atoms with E-state index in [1.165, 1.54) is 30.1 Å². The molecule has 3 amide bonds. The van der Waals surface area contributed by atoms with Gasteiger partial charge in [0.05, 0.1) is 5.60 Å². The van der Waals surface area contributed by atoms with Crippen LogP contribution in [-0.4, -0.2) is 80.8 Å². The maximum Gasteiger partial charge on any atom is 0.329 e. The van der Waals surface area contributed by atoms with Gasteiger partial charge in [0.2, 0.25) is 0 Å². The van der Waals surface area contributed by atoms with E-state index >= 15 is 0 Å². The number of likely N-dealkylation sites (tertiary alicyclic amines) is 1. The summed E-state index contributed by atoms with van der Waals surface area (Å²) in [5.74, 6) is -0.980. The van der Waals surface area contributed by atoms with Crippen molar-refractivity contribution >= 4 is 23.7 Å². The monoisotopic (exact) mass is 526 g/mol. The lowest BCUT2D eigenvalue weighted by Crippen LogP contribution is -2.62. The second-order valence-corrected chi connectivity index (χ2v) is 9.25. The summed E-state index contributed by atoms with van der Waals surface area (Å²) in [6, 6.07) is 5.31. The molecule has 11 heteroatoms. The van der Waals surface area contributed by atoms with Gasteiger partial charge >= 0.3 is 12.0 Å². The molecule has 0 radical (unpaired) electrons. The molecule has 1 unspecified atom stereocenters. The van der Waals surface area contributed by atoms with E-state index in [2.05, 4.69) is 32.0 Å². The topological polar surface area (TPSA) is 157 Å². The van der Waals surface area contributed by atoms with Crippen LogP contribution >= 0.6 is 0 Å². The first-order chi connectivity index (χ1) is 18.4. The lowest BCUT2D eigenvalue weighted by molar-refractivity contribution is -0.149. The molecule has 1 saturated heterocycles. The van der Waals surface area contributed by atoms with Crippen LogP contribution in [0, 0.1) is 0 Å². The molecule has 0 aliphatic carbocycles. The van der Waals surface area contributed by atoms with E-state index < -0.39 is 23.5 Å². The van der Waals surface area contributed by atoms with Gasteiger partial charge in [0, 0.05) is 49.8 Å². The largest absolute Gasteiger partial charge is 0.480 e. The Labute approximate surface area is 223 Å². The van der Waals surface area contributed by atoms with Crippen LogP contribution in [0.15, 0.2) is 36.7 Å². The lowest BCUT2D eigenvalue weighted by atomic mass is 9.84. The third-order valence-corrected chi connectivity index (χ3v) is 6.76. The van der Waals surface area contributed by atoms with Crippen molar-refractivity contribution in [2.45, 2.75) is 64.0 Å². The SMILES string of the molecule is CC.O=C(NC(C(=O)O)C1(O)CCN(C(=O)NCCCc2ccc3c(n2)NCCC3)CC1)c1ccncc1. The Morgan fingerprint density at radius 3 is 2.53 bits per heavy atom. The number of carbonyl (C=O) groups excluding carboxylic acids is 2. The molecule has 1 fully saturated rings. The van der Waals surface area contributed by atoms with Crippen molar-refractivity contribution in [2.75, 3.05) is 31.5 Å². The van der Waals surface area contributed by atoms with Crippen molar-refractivity contribution in [3.63, 3.8) is 0 Å². The molecule has 2 aliphatic heterocycles. The van der Waals surface area contributed by atoms with E-state index in [1.54, 1.807) is 4.90 Å². The number of urea groups is 1. The summed E-state index contributed by atoms with van der Waals surface area (Å²) >= 11 is 0. The van der Waals surface area contributed by atoms with Gasteiger partial charge in [-0.2, -0.15) is 0 Å². The predicted octanol–water partition coefficient (Wildman–Crippen LogP) is 2.21. The summed E-state index contributed by atoms with van der Waals surface area (Å²) in [5.41, 5.74) is 0.801. The van der Waals surface area contributed by atoms with Gasteiger partial charge in [0.15, 0.2) is 6.04 Å². The first-order valence-electron chi connectivity index (χ1n) is 13.3. The molecule has 38 heavy (non-hydrogen) atoms. The summed E-state index contributed by atoms with van der Waals surface area (Å²) < 4.78 is 0. The summed E-state index contributed by atoms with van der Waals surface area (Å²) in [5, 5.41) is 29.3. The number of aliphatic carboxylic acids is 1. The number of rotatable bonds is 8. The molecule has 2 aliphatic rings. The van der Waals surface area contributed by atoms with E-state index in [-0.39, 0.29) is 37.5 Å². The molecular formula is C27H38N6O5. The van der Waals surface area contributed by atoms with Crippen molar-refractivity contribution < 1.29 is 24.6 Å². The number of hydrogen-bond acceptors (Lipinski definition) is 7. The fourth-order valence-corrected chi connectivity index (χ4v) is 4.61. The number of nitrogens with one attached hydrogen (secondary N) is 3. The highest BCUT2D eigenvalue weighted by molar-refractivity contribution is 5.96. The first kappa shape index (κ1) is 28.8. The Bertz CT molecular complexity index is 1090. The lowest BCUT2D eigenvalue weighted by Gasteiger charge is -2.41. The number of carbonyl (C=O) groups is 3. The number of piperidine rings is 1. The van der Waals surface area contributed by atoms with Crippen molar-refractivity contribution in [2.24, 2.45) is 0 Å². The van der Waals surface area contributed by atoms with E-state index in [1.807, 2.05) is 19.9 Å². The quantitative estimate of drug-likeness (QED) is 0.328. The van der Waals surface area contributed by atoms with Gasteiger partial charge < -0.3 is 31.1 Å². The second kappa shape index (κ2) is 13.7. The molecule has 0 spiro atoms. The second-order valence-electron chi connectivity index (χ2n) is 9.25. The summed E-state index contributed by atoms with van der Waals surface area (Å²) in [6.07, 6.45) is 6.55. The van der Waals surface area contributed by atoms with Gasteiger partial charge in [0.25, 0.3) is 5.91 Å². The minimum Gasteiger partial charge on any atom is -0.480 e. The Hall–Kier alpha value is -3.73. The Morgan fingerprint density at radius 2 is 1.84 bits per heavy atom. The molecule has 206 valence electrons. The third-order valence-electron chi connectivity index (χ3n) is 6.76. The molecule has 1 atom stereocenters. The van der Waals surface area contributed by atoms with Crippen molar-refractivity contribution in [3.8, 4) is 0 Å². The molecule has 0 aromatic carbocycles. The normalized spacial score (nSPS) is 16.6. The molecule has 0 saturated carbocycles. The van der Waals surface area contributed by atoms with E-state index in [9.17, 15) is 24.6 Å². The van der Waals surface area contributed by atoms with Crippen LogP contribution in [0.5, 0.6) is 0 Å². The van der Waals surface area contributed by atoms with Crippen LogP contribution < -0.4 is 16.0 Å². The highest BCUT2D eigenvalue weighted by Gasteiger charge is 2.45. The van der Waals surface area contributed by atoms with Crippen LogP contribution in [0.2, 0.25) is 0 Å². The standard InChI is InChI=1S/C25H32N6O5.C2H6/c32-22(18-7-13-26-14-8-18)30-20(23(33)34)25(36)9-15-31(16-10-25)24(35)28-12-2-4-19-6-5-17-3-1-11-27-21(17)29-19;1-2/h5-8,13-14,20,36H,1-4,9-12,15-16H2,(H,27,29)(H,28,35)(H,30,32)(H,33,34);1-2H3. The number of fused-ring (bicyclic) bond motifs is 1. The van der Waals surface area contributed by atoms with Crippen LogP contribution in [0.1, 0.15) is 61.1 Å². The van der Waals surface area contributed by atoms with Crippen LogP contribution in [-0.2, 0) is 17.6 Å². The predicted molar refractivity (Wildman–Crippen MR) is 143 cm³/mol. The molecule has 11 nitrogen and oxygen atoms in total. The number of aromatic nitrogens is 2. The molecule has 2 aromatic heterocycles. The number of amides is 3. The van der Waals surface area contributed by atoms with Gasteiger partial charge in [-0.05, 0) is 62.3 Å². The van der Waals surface area contributed by atoms with E-state index in [0.717, 1.165) is 43.7 Å². The molecule has 2 aromatic rings. The summed E-state index contributed by atoms with van der Waals surface area (Å²) in [6.45, 7) is 5.77. The number of aryl methyl sites for hydroxylation is 2. The van der Waals surface area contributed by atoms with Crippen LogP contribution in [0.25, 0.3) is 0 Å². The molecule has 5 N–H and O–H groups in total. The Balaban J connectivity index is 0.00000195. The summed E-state index contributed by atoms with van der Waals surface area (Å²) in [4.78, 5) is 47.0. The van der Waals surface area contributed by atoms with Gasteiger partial charge in [-0.25, -0.2) is 14.6 Å². The zero-order valence-corrected chi connectivity index (χ0v) is 22.1. The number of carboxylic acid groups (broad SMARTS) is 1. The van der Waals surface area contributed by atoms with Gasteiger partial charge in [-0.3, -0.25) is 9.78 Å². The number of nitrogens with zero attached hydrogens (tertiary/aromatic N) is 3. The maximum absolute atomic E-state index is 12.6. The third kappa shape index (κ3) is 7.41. The summed E-state index contributed by atoms with van der Waals surface area (Å²) in [7, 11) is 0. The van der Waals surface area contributed by atoms with Crippen molar-refractivity contribution in [1.29, 1.82) is 0 Å². The number of anilines is 1. The maximum atomic E-state index is 12.6. The molecule has 4 heterocycles. The molecule has 4 rings (SSSR count). The molecular weight excluding hydrogens is 488 g/mol. The average molecular weight is 527 g/mol. The highest BCUT2D eigenvalue weighted by Crippen LogP contribution is 2.27. The van der Waals surface area contributed by atoms with E-state index in [0.29, 0.717) is 6.54 Å². The van der Waals surface area contributed by atoms with Crippen molar-refractivity contribution in [1.82, 2.24) is 25.5 Å². The Morgan fingerprint density at radius 1 is 1.13 bits per heavy atom. The van der Waals surface area contributed by atoms with E-state index in [4.69, 9.17) is 0 Å². The average Bonchev–Trinajstić information content (AvgIpc) is 2.95. The fraction of sp³-hybridized carbons (Fsp3) is 0.519. The highest BCUT2D eigenvalue weighted by atomic mass is 16.4.